The van der Waals surface area contributed by atoms with Gasteiger partial charge in [0.05, 0.1) is 0 Å². The van der Waals surface area contributed by atoms with Gasteiger partial charge in [0.15, 0.2) is 0 Å². The number of fused-ring (bicyclic) bond motifs is 1. The highest BCUT2D eigenvalue weighted by Gasteiger charge is 2.35. The van der Waals surface area contributed by atoms with Crippen molar-refractivity contribution < 1.29 is 4.39 Å². The minimum Gasteiger partial charge on any atom is -0.368 e. The number of rotatable bonds is 4. The molecule has 2 unspecified atom stereocenters. The fourth-order valence-electron chi connectivity index (χ4n) is 4.27. The smallest absolute Gasteiger partial charge is 0.123 e. The lowest BCUT2D eigenvalue weighted by molar-refractivity contribution is 0.361. The standard InChI is InChI=1S/C18H25FN2/c19-15-6-9-18(14(11-15)12-20-16-7-8-16)21-10-2-4-13-3-1-5-17(13)21/h6,9,11,13,16-17,20H,1-5,7-8,10,12H2. The Kier molecular flexibility index (Phi) is 3.62. The number of benzene rings is 1. The summed E-state index contributed by atoms with van der Waals surface area (Å²) >= 11 is 0. The Morgan fingerprint density at radius 2 is 1.95 bits per heavy atom. The Morgan fingerprint density at radius 3 is 2.81 bits per heavy atom. The van der Waals surface area contributed by atoms with E-state index >= 15 is 0 Å². The Bertz CT molecular complexity index is 512. The fraction of sp³-hybridized carbons (Fsp3) is 0.667. The van der Waals surface area contributed by atoms with Crippen LogP contribution in [0.25, 0.3) is 0 Å². The molecule has 0 aromatic heterocycles. The summed E-state index contributed by atoms with van der Waals surface area (Å²) in [6.45, 7) is 1.95. The molecule has 1 aliphatic heterocycles. The molecule has 1 aromatic rings. The molecule has 114 valence electrons. The van der Waals surface area contributed by atoms with Crippen LogP contribution < -0.4 is 10.2 Å². The van der Waals surface area contributed by atoms with Crippen LogP contribution in [0.15, 0.2) is 18.2 Å². The predicted octanol–water partition coefficient (Wildman–Crippen LogP) is 3.85. The van der Waals surface area contributed by atoms with Crippen LogP contribution in [0.4, 0.5) is 10.1 Å². The van der Waals surface area contributed by atoms with E-state index in [4.69, 9.17) is 0 Å². The maximum atomic E-state index is 13.7. The Morgan fingerprint density at radius 1 is 1.10 bits per heavy atom. The molecule has 3 aliphatic rings. The van der Waals surface area contributed by atoms with Gasteiger partial charge in [-0.25, -0.2) is 4.39 Å². The van der Waals surface area contributed by atoms with Gasteiger partial charge in [-0.05, 0) is 68.2 Å². The Hall–Kier alpha value is -1.09. The average molecular weight is 288 g/mol. The van der Waals surface area contributed by atoms with Crippen LogP contribution in [-0.2, 0) is 6.54 Å². The lowest BCUT2D eigenvalue weighted by Gasteiger charge is -2.40. The molecular formula is C18H25FN2. The first-order valence-corrected chi connectivity index (χ1v) is 8.60. The van der Waals surface area contributed by atoms with Crippen molar-refractivity contribution in [1.29, 1.82) is 0 Å². The molecule has 2 nitrogen and oxygen atoms in total. The molecule has 1 aromatic carbocycles. The van der Waals surface area contributed by atoms with Crippen molar-refractivity contribution in [3.05, 3.63) is 29.6 Å². The zero-order chi connectivity index (χ0) is 14.2. The number of piperidine rings is 1. The maximum absolute atomic E-state index is 13.7. The van der Waals surface area contributed by atoms with Gasteiger partial charge in [0, 0.05) is 30.9 Å². The summed E-state index contributed by atoms with van der Waals surface area (Å²) in [6.07, 6.45) is 9.29. The van der Waals surface area contributed by atoms with Gasteiger partial charge in [0.25, 0.3) is 0 Å². The number of hydrogen-bond acceptors (Lipinski definition) is 2. The third-order valence-corrected chi connectivity index (χ3v) is 5.50. The molecule has 4 rings (SSSR count). The normalized spacial score (nSPS) is 28.7. The van der Waals surface area contributed by atoms with Gasteiger partial charge in [-0.3, -0.25) is 0 Å². The van der Waals surface area contributed by atoms with Crippen LogP contribution in [0, 0.1) is 11.7 Å². The van der Waals surface area contributed by atoms with Gasteiger partial charge in [0.2, 0.25) is 0 Å². The SMILES string of the molecule is Fc1ccc(N2CCCC3CCCC32)c(CNC2CC2)c1. The second kappa shape index (κ2) is 5.60. The summed E-state index contributed by atoms with van der Waals surface area (Å²) < 4.78 is 13.7. The van der Waals surface area contributed by atoms with E-state index in [-0.39, 0.29) is 5.82 Å². The van der Waals surface area contributed by atoms with Crippen LogP contribution in [0.1, 0.15) is 50.5 Å². The lowest BCUT2D eigenvalue weighted by atomic mass is 9.91. The molecule has 2 atom stereocenters. The molecule has 3 fully saturated rings. The highest BCUT2D eigenvalue weighted by Crippen LogP contribution is 2.40. The van der Waals surface area contributed by atoms with Crippen molar-refractivity contribution in [2.75, 3.05) is 11.4 Å². The molecule has 1 N–H and O–H groups in total. The quantitative estimate of drug-likeness (QED) is 0.905. The summed E-state index contributed by atoms with van der Waals surface area (Å²) in [6, 6.07) is 6.75. The first-order valence-electron chi connectivity index (χ1n) is 8.60. The van der Waals surface area contributed by atoms with E-state index < -0.39 is 0 Å². The van der Waals surface area contributed by atoms with Gasteiger partial charge in [0.1, 0.15) is 5.82 Å². The predicted molar refractivity (Wildman–Crippen MR) is 84.0 cm³/mol. The minimum atomic E-state index is -0.105. The monoisotopic (exact) mass is 288 g/mol. The minimum absolute atomic E-state index is 0.105. The summed E-state index contributed by atoms with van der Waals surface area (Å²) in [4.78, 5) is 2.59. The van der Waals surface area contributed by atoms with Crippen LogP contribution >= 0.6 is 0 Å². The highest BCUT2D eigenvalue weighted by atomic mass is 19.1. The lowest BCUT2D eigenvalue weighted by Crippen LogP contribution is -2.43. The third-order valence-electron chi connectivity index (χ3n) is 5.50. The van der Waals surface area contributed by atoms with Gasteiger partial charge < -0.3 is 10.2 Å². The molecule has 0 bridgehead atoms. The van der Waals surface area contributed by atoms with E-state index in [1.54, 1.807) is 12.1 Å². The maximum Gasteiger partial charge on any atom is 0.123 e. The highest BCUT2D eigenvalue weighted by molar-refractivity contribution is 5.55. The van der Waals surface area contributed by atoms with Crippen molar-refractivity contribution in [3.63, 3.8) is 0 Å². The van der Waals surface area contributed by atoms with Crippen LogP contribution in [0.5, 0.6) is 0 Å². The van der Waals surface area contributed by atoms with E-state index in [9.17, 15) is 4.39 Å². The van der Waals surface area contributed by atoms with E-state index in [0.29, 0.717) is 12.1 Å². The molecular weight excluding hydrogens is 263 g/mol. The van der Waals surface area contributed by atoms with E-state index in [2.05, 4.69) is 10.2 Å². The van der Waals surface area contributed by atoms with Crippen LogP contribution in [-0.4, -0.2) is 18.6 Å². The Labute approximate surface area is 126 Å². The fourth-order valence-corrected chi connectivity index (χ4v) is 4.27. The third kappa shape index (κ3) is 2.80. The summed E-state index contributed by atoms with van der Waals surface area (Å²) in [5, 5.41) is 3.55. The summed E-state index contributed by atoms with van der Waals surface area (Å²) in [7, 11) is 0. The summed E-state index contributed by atoms with van der Waals surface area (Å²) in [5.41, 5.74) is 2.43. The van der Waals surface area contributed by atoms with Gasteiger partial charge >= 0.3 is 0 Å². The van der Waals surface area contributed by atoms with Crippen molar-refractivity contribution in [3.8, 4) is 0 Å². The zero-order valence-corrected chi connectivity index (χ0v) is 12.7. The second-order valence-corrected chi connectivity index (χ2v) is 7.02. The van der Waals surface area contributed by atoms with Crippen molar-refractivity contribution in [2.24, 2.45) is 5.92 Å². The van der Waals surface area contributed by atoms with Gasteiger partial charge in [-0.15, -0.1) is 0 Å². The molecule has 1 heterocycles. The molecule has 2 aliphatic carbocycles. The van der Waals surface area contributed by atoms with Crippen molar-refractivity contribution in [1.82, 2.24) is 5.32 Å². The van der Waals surface area contributed by atoms with Gasteiger partial charge in [-0.1, -0.05) is 6.42 Å². The Balaban J connectivity index is 1.59. The number of nitrogens with one attached hydrogen (secondary N) is 1. The summed E-state index contributed by atoms with van der Waals surface area (Å²) in [5.74, 6) is 0.763. The van der Waals surface area contributed by atoms with Crippen LogP contribution in [0.2, 0.25) is 0 Å². The van der Waals surface area contributed by atoms with E-state index in [0.717, 1.165) is 24.6 Å². The molecule has 3 heteroatoms. The number of hydrogen-bond donors (Lipinski definition) is 1. The van der Waals surface area contributed by atoms with Crippen LogP contribution in [0.3, 0.4) is 0 Å². The molecule has 1 saturated heterocycles. The molecule has 0 radical (unpaired) electrons. The zero-order valence-electron chi connectivity index (χ0n) is 12.7. The second-order valence-electron chi connectivity index (χ2n) is 7.02. The van der Waals surface area contributed by atoms with Gasteiger partial charge in [-0.2, -0.15) is 0 Å². The molecule has 0 spiro atoms. The number of nitrogens with zero attached hydrogens (tertiary/aromatic N) is 1. The van der Waals surface area contributed by atoms with E-state index in [1.807, 2.05) is 6.07 Å². The van der Waals surface area contributed by atoms with Crippen molar-refractivity contribution >= 4 is 5.69 Å². The molecule has 21 heavy (non-hydrogen) atoms. The first kappa shape index (κ1) is 13.6. The van der Waals surface area contributed by atoms with Crippen molar-refractivity contribution in [2.45, 2.75) is 63.6 Å². The average Bonchev–Trinajstić information content (AvgIpc) is 3.20. The number of anilines is 1. The molecule has 2 saturated carbocycles. The largest absolute Gasteiger partial charge is 0.368 e. The topological polar surface area (TPSA) is 15.3 Å². The molecule has 0 amide bonds. The number of halogens is 1. The van der Waals surface area contributed by atoms with E-state index in [1.165, 1.54) is 50.6 Å². The first-order chi connectivity index (χ1) is 10.3.